The third kappa shape index (κ3) is 6.23. The van der Waals surface area contributed by atoms with Gasteiger partial charge >= 0.3 is 0 Å². The standard InChI is InChI=1S/C8H19N4.2HI/c1-12(5-2-3-6-12)7-4-11-8(9)10;;/h2-7H2,1H3,(H4,9,10,11);2*1H/q+1;;/p-1. The molecular weight excluding hydrogens is 406 g/mol. The van der Waals surface area contributed by atoms with Gasteiger partial charge in [0.05, 0.1) is 33.2 Å². The summed E-state index contributed by atoms with van der Waals surface area (Å²) in [5, 5.41) is 0. The Morgan fingerprint density at radius 3 is 2.21 bits per heavy atom. The lowest BCUT2D eigenvalue weighted by atomic mass is 10.4. The molecule has 0 aromatic heterocycles. The largest absolute Gasteiger partial charge is 1.00 e. The van der Waals surface area contributed by atoms with E-state index in [4.69, 9.17) is 11.5 Å². The van der Waals surface area contributed by atoms with E-state index in [0.717, 1.165) is 17.6 Å². The smallest absolute Gasteiger partial charge is 0.186 e. The van der Waals surface area contributed by atoms with Crippen LogP contribution >= 0.6 is 24.0 Å². The van der Waals surface area contributed by atoms with Crippen LogP contribution in [0.3, 0.4) is 0 Å². The van der Waals surface area contributed by atoms with Gasteiger partial charge < -0.3 is 39.9 Å². The Morgan fingerprint density at radius 2 is 1.79 bits per heavy atom. The van der Waals surface area contributed by atoms with Gasteiger partial charge in [0.1, 0.15) is 0 Å². The Hall–Kier alpha value is 0.690. The van der Waals surface area contributed by atoms with Gasteiger partial charge in [0.2, 0.25) is 0 Å². The van der Waals surface area contributed by atoms with Crippen LogP contribution in [-0.2, 0) is 0 Å². The Morgan fingerprint density at radius 1 is 1.29 bits per heavy atom. The maximum Gasteiger partial charge on any atom is 0.186 e. The van der Waals surface area contributed by atoms with E-state index >= 15 is 0 Å². The van der Waals surface area contributed by atoms with Crippen molar-refractivity contribution in [1.29, 1.82) is 0 Å². The maximum absolute atomic E-state index is 5.24. The predicted molar refractivity (Wildman–Crippen MR) is 66.1 cm³/mol. The number of guanidine groups is 1. The highest BCUT2D eigenvalue weighted by Crippen LogP contribution is 2.15. The van der Waals surface area contributed by atoms with Gasteiger partial charge in [0.15, 0.2) is 5.96 Å². The number of rotatable bonds is 3. The van der Waals surface area contributed by atoms with Crippen LogP contribution in [0.2, 0.25) is 0 Å². The lowest BCUT2D eigenvalue weighted by Crippen LogP contribution is -3.00. The molecule has 1 fully saturated rings. The van der Waals surface area contributed by atoms with Gasteiger partial charge in [-0.3, -0.25) is 0 Å². The number of likely N-dealkylation sites (N-methyl/N-ethyl adjacent to an activating group) is 1. The summed E-state index contributed by atoms with van der Waals surface area (Å²) >= 11 is 0. The molecule has 0 aromatic rings. The molecule has 1 saturated heterocycles. The Kier molecular flexibility index (Phi) is 9.66. The molecule has 0 radical (unpaired) electrons. The average molecular weight is 426 g/mol. The highest BCUT2D eigenvalue weighted by molar-refractivity contribution is 14.0. The minimum Gasteiger partial charge on any atom is -1.00 e. The lowest BCUT2D eigenvalue weighted by Gasteiger charge is -2.28. The molecule has 1 aliphatic rings. The summed E-state index contributed by atoms with van der Waals surface area (Å²) in [6.07, 6.45) is 2.69. The van der Waals surface area contributed by atoms with E-state index in [0.29, 0.717) is 0 Å². The van der Waals surface area contributed by atoms with Crippen LogP contribution in [0, 0.1) is 0 Å². The number of hydrogen-bond acceptors (Lipinski definition) is 1. The molecule has 0 aliphatic carbocycles. The molecule has 1 rings (SSSR count). The quantitative estimate of drug-likeness (QED) is 0.221. The number of quaternary nitrogens is 1. The highest BCUT2D eigenvalue weighted by Gasteiger charge is 2.25. The summed E-state index contributed by atoms with van der Waals surface area (Å²) in [5.41, 5.74) is 10.5. The van der Waals surface area contributed by atoms with E-state index in [1.165, 1.54) is 25.9 Å². The number of halogens is 2. The molecule has 0 saturated carbocycles. The van der Waals surface area contributed by atoms with Gasteiger partial charge in [-0.2, -0.15) is 0 Å². The lowest BCUT2D eigenvalue weighted by molar-refractivity contribution is -0.896. The first-order valence-corrected chi connectivity index (χ1v) is 4.51. The highest BCUT2D eigenvalue weighted by atomic mass is 127. The predicted octanol–water partition coefficient (Wildman–Crippen LogP) is -2.88. The zero-order valence-electron chi connectivity index (χ0n) is 8.58. The summed E-state index contributed by atoms with van der Waals surface area (Å²) in [6.45, 7) is 4.39. The summed E-state index contributed by atoms with van der Waals surface area (Å²) in [7, 11) is 2.27. The third-order valence-corrected chi connectivity index (χ3v) is 2.58. The monoisotopic (exact) mass is 426 g/mol. The fourth-order valence-electron chi connectivity index (χ4n) is 1.74. The normalized spacial score (nSPS) is 17.8. The Labute approximate surface area is 120 Å². The SMILES string of the molecule is C[N+]1(CCN=C(N)N)CCCC1.I.[I-]. The van der Waals surface area contributed by atoms with E-state index in [2.05, 4.69) is 12.0 Å². The van der Waals surface area contributed by atoms with E-state index in [-0.39, 0.29) is 53.9 Å². The molecular formula is C8H20I2N4. The van der Waals surface area contributed by atoms with Crippen LogP contribution in [0.15, 0.2) is 4.99 Å². The van der Waals surface area contributed by atoms with Gasteiger partial charge in [0.25, 0.3) is 0 Å². The minimum absolute atomic E-state index is 0. The first kappa shape index (κ1) is 17.1. The van der Waals surface area contributed by atoms with Crippen molar-refractivity contribution in [3.63, 3.8) is 0 Å². The molecule has 0 aromatic carbocycles. The molecule has 14 heavy (non-hydrogen) atoms. The fourth-order valence-corrected chi connectivity index (χ4v) is 1.74. The van der Waals surface area contributed by atoms with Crippen LogP contribution < -0.4 is 35.4 Å². The molecule has 1 heterocycles. The van der Waals surface area contributed by atoms with E-state index in [1.54, 1.807) is 0 Å². The maximum atomic E-state index is 5.24. The van der Waals surface area contributed by atoms with Gasteiger partial charge in [-0.15, -0.1) is 24.0 Å². The van der Waals surface area contributed by atoms with Gasteiger partial charge in [-0.1, -0.05) is 0 Å². The molecule has 4 nitrogen and oxygen atoms in total. The summed E-state index contributed by atoms with van der Waals surface area (Å²) < 4.78 is 1.14. The van der Waals surface area contributed by atoms with Gasteiger partial charge in [0, 0.05) is 12.8 Å². The molecule has 6 heteroatoms. The minimum atomic E-state index is 0. The molecule has 0 atom stereocenters. The molecule has 1 aliphatic heterocycles. The third-order valence-electron chi connectivity index (χ3n) is 2.58. The van der Waals surface area contributed by atoms with Crippen molar-refractivity contribution in [3.05, 3.63) is 0 Å². The van der Waals surface area contributed by atoms with Crippen molar-refractivity contribution in [2.45, 2.75) is 12.8 Å². The molecule has 86 valence electrons. The second-order valence-electron chi connectivity index (χ2n) is 3.80. The number of likely N-dealkylation sites (tertiary alicyclic amines) is 1. The van der Waals surface area contributed by atoms with Crippen LogP contribution in [0.1, 0.15) is 12.8 Å². The molecule has 0 amide bonds. The second kappa shape index (κ2) is 7.91. The molecule has 0 unspecified atom stereocenters. The summed E-state index contributed by atoms with van der Waals surface area (Å²) in [4.78, 5) is 3.99. The van der Waals surface area contributed by atoms with Crippen LogP contribution in [-0.4, -0.2) is 43.7 Å². The van der Waals surface area contributed by atoms with Crippen molar-refractivity contribution in [3.8, 4) is 0 Å². The van der Waals surface area contributed by atoms with Gasteiger partial charge in [-0.25, -0.2) is 4.99 Å². The molecule has 0 spiro atoms. The topological polar surface area (TPSA) is 64.4 Å². The Balaban J connectivity index is 0. The van der Waals surface area contributed by atoms with Crippen molar-refractivity contribution in [1.82, 2.24) is 0 Å². The zero-order chi connectivity index (χ0) is 9.03. The molecule has 0 bridgehead atoms. The fraction of sp³-hybridized carbons (Fsp3) is 0.875. The van der Waals surface area contributed by atoms with Crippen LogP contribution in [0.5, 0.6) is 0 Å². The van der Waals surface area contributed by atoms with Gasteiger partial charge in [-0.05, 0) is 0 Å². The van der Waals surface area contributed by atoms with Crippen molar-refractivity contribution < 1.29 is 28.5 Å². The van der Waals surface area contributed by atoms with E-state index in [1.807, 2.05) is 0 Å². The van der Waals surface area contributed by atoms with Crippen LogP contribution in [0.4, 0.5) is 0 Å². The Bertz CT molecular complexity index is 174. The first-order chi connectivity index (χ1) is 5.62. The number of aliphatic imine (C=N–C) groups is 1. The first-order valence-electron chi connectivity index (χ1n) is 4.51. The van der Waals surface area contributed by atoms with Crippen molar-refractivity contribution in [2.24, 2.45) is 16.5 Å². The van der Waals surface area contributed by atoms with E-state index in [9.17, 15) is 0 Å². The van der Waals surface area contributed by atoms with Crippen molar-refractivity contribution >= 4 is 29.9 Å². The number of nitrogens with two attached hydrogens (primary N) is 2. The summed E-state index contributed by atoms with van der Waals surface area (Å²) in [6, 6.07) is 0. The molecule has 4 N–H and O–H groups in total. The number of nitrogens with zero attached hydrogens (tertiary/aromatic N) is 2. The summed E-state index contributed by atoms with van der Waals surface area (Å²) in [5.74, 6) is 0.209. The zero-order valence-corrected chi connectivity index (χ0v) is 13.1. The van der Waals surface area contributed by atoms with Crippen LogP contribution in [0.25, 0.3) is 0 Å². The van der Waals surface area contributed by atoms with Crippen molar-refractivity contribution in [2.75, 3.05) is 33.2 Å². The van der Waals surface area contributed by atoms with E-state index < -0.39 is 0 Å². The number of hydrogen-bond donors (Lipinski definition) is 2. The average Bonchev–Trinajstić information content (AvgIpc) is 2.35. The second-order valence-corrected chi connectivity index (χ2v) is 3.80.